The average molecular weight is 389 g/mol. The van der Waals surface area contributed by atoms with Crippen molar-refractivity contribution in [3.05, 3.63) is 73.6 Å². The smallest absolute Gasteiger partial charge is 0.339 e. The van der Waals surface area contributed by atoms with Crippen molar-refractivity contribution < 1.29 is 13.9 Å². The fraction of sp³-hybridized carbons (Fsp3) is 0.200. The molecule has 0 bridgehead atoms. The van der Waals surface area contributed by atoms with Gasteiger partial charge in [0.15, 0.2) is 12.4 Å². The highest BCUT2D eigenvalue weighted by molar-refractivity contribution is 6.33. The number of carbonyl (C=O) groups is 1. The van der Waals surface area contributed by atoms with E-state index < -0.39 is 0 Å². The van der Waals surface area contributed by atoms with Gasteiger partial charge in [-0.05, 0) is 55.2 Å². The normalized spacial score (nSPS) is 13.0. The van der Waals surface area contributed by atoms with E-state index in [0.29, 0.717) is 26.9 Å². The Kier molecular flexibility index (Phi) is 4.47. The Morgan fingerprint density at radius 3 is 2.58 bits per heavy atom. The van der Waals surface area contributed by atoms with Crippen LogP contribution >= 0.6 is 23.2 Å². The number of hydrogen-bond acceptors (Lipinski definition) is 4. The van der Waals surface area contributed by atoms with Crippen LogP contribution in [0.25, 0.3) is 11.0 Å². The zero-order chi connectivity index (χ0) is 18.3. The summed E-state index contributed by atoms with van der Waals surface area (Å²) in [5.41, 5.74) is 2.35. The van der Waals surface area contributed by atoms with Crippen molar-refractivity contribution in [1.29, 1.82) is 0 Å². The number of Topliss-reactive ketones (excluding diaryl/α,β-unsaturated/α-hetero) is 1. The highest BCUT2D eigenvalue weighted by atomic mass is 35.5. The molecular formula is C20H14Cl2O4. The van der Waals surface area contributed by atoms with Crippen molar-refractivity contribution >= 4 is 40.0 Å². The lowest BCUT2D eigenvalue weighted by molar-refractivity contribution is 0.0921. The Balaban J connectivity index is 1.62. The molecule has 4 nitrogen and oxygen atoms in total. The van der Waals surface area contributed by atoms with Crippen molar-refractivity contribution in [3.63, 3.8) is 0 Å². The maximum absolute atomic E-state index is 12.2. The van der Waals surface area contributed by atoms with E-state index in [1.165, 1.54) is 0 Å². The first-order chi connectivity index (χ1) is 12.5. The number of ether oxygens (including phenoxy) is 1. The molecule has 0 atom stereocenters. The summed E-state index contributed by atoms with van der Waals surface area (Å²) in [6.07, 6.45) is 2.51. The molecule has 1 aromatic heterocycles. The molecule has 1 aliphatic carbocycles. The van der Waals surface area contributed by atoms with Gasteiger partial charge in [0.25, 0.3) is 0 Å². The number of halogens is 2. The molecule has 0 aliphatic heterocycles. The number of fused-ring (bicyclic) bond motifs is 3. The lowest BCUT2D eigenvalue weighted by Gasteiger charge is -2.10. The van der Waals surface area contributed by atoms with Gasteiger partial charge in [-0.15, -0.1) is 0 Å². The SMILES string of the molecule is O=C(COc1cc2oc(=O)c3c(c2cc1Cl)CCC3)c1ccc(Cl)cc1. The Morgan fingerprint density at radius 1 is 1.08 bits per heavy atom. The number of benzene rings is 2. The van der Waals surface area contributed by atoms with Crippen LogP contribution in [-0.2, 0) is 12.8 Å². The molecule has 3 aromatic rings. The second kappa shape index (κ2) is 6.78. The van der Waals surface area contributed by atoms with Gasteiger partial charge < -0.3 is 9.15 Å². The minimum atomic E-state index is -0.310. The van der Waals surface area contributed by atoms with E-state index in [-0.39, 0.29) is 18.0 Å². The van der Waals surface area contributed by atoms with Crippen LogP contribution in [0.15, 0.2) is 45.6 Å². The molecule has 0 saturated heterocycles. The third kappa shape index (κ3) is 3.11. The van der Waals surface area contributed by atoms with Crippen molar-refractivity contribution in [1.82, 2.24) is 0 Å². The van der Waals surface area contributed by atoms with Crippen molar-refractivity contribution in [2.75, 3.05) is 6.61 Å². The van der Waals surface area contributed by atoms with Gasteiger partial charge in [-0.1, -0.05) is 23.2 Å². The molecule has 132 valence electrons. The van der Waals surface area contributed by atoms with Crippen LogP contribution in [0, 0.1) is 0 Å². The second-order valence-corrected chi connectivity index (χ2v) is 7.04. The molecule has 1 aliphatic rings. The van der Waals surface area contributed by atoms with Crippen LogP contribution in [0.4, 0.5) is 0 Å². The fourth-order valence-corrected chi connectivity index (χ4v) is 3.60. The molecule has 0 N–H and O–H groups in total. The van der Waals surface area contributed by atoms with E-state index in [1.54, 1.807) is 36.4 Å². The standard InChI is InChI=1S/C20H14Cl2O4/c21-12-6-4-11(5-7-12)17(23)10-25-19-9-18-15(8-16(19)22)13-2-1-3-14(13)20(24)26-18/h4-9H,1-3,10H2. The van der Waals surface area contributed by atoms with Gasteiger partial charge in [-0.2, -0.15) is 0 Å². The van der Waals surface area contributed by atoms with E-state index in [9.17, 15) is 9.59 Å². The van der Waals surface area contributed by atoms with Gasteiger partial charge in [0.1, 0.15) is 11.3 Å². The summed E-state index contributed by atoms with van der Waals surface area (Å²) in [5, 5.41) is 1.77. The summed E-state index contributed by atoms with van der Waals surface area (Å²) >= 11 is 12.1. The van der Waals surface area contributed by atoms with Crippen LogP contribution in [0.2, 0.25) is 10.0 Å². The zero-order valence-electron chi connectivity index (χ0n) is 13.7. The Morgan fingerprint density at radius 2 is 1.81 bits per heavy atom. The molecule has 0 saturated carbocycles. The first-order valence-corrected chi connectivity index (χ1v) is 8.98. The number of hydrogen-bond donors (Lipinski definition) is 0. The average Bonchev–Trinajstić information content (AvgIpc) is 3.12. The topological polar surface area (TPSA) is 56.5 Å². The lowest BCUT2D eigenvalue weighted by atomic mass is 10.1. The molecule has 6 heteroatoms. The predicted molar refractivity (Wildman–Crippen MR) is 101 cm³/mol. The van der Waals surface area contributed by atoms with Crippen molar-refractivity contribution in [2.24, 2.45) is 0 Å². The Labute approximate surface area is 159 Å². The largest absolute Gasteiger partial charge is 0.484 e. The van der Waals surface area contributed by atoms with Crippen LogP contribution in [0.1, 0.15) is 27.9 Å². The second-order valence-electron chi connectivity index (χ2n) is 6.20. The first kappa shape index (κ1) is 17.1. The van der Waals surface area contributed by atoms with Gasteiger partial charge in [0.2, 0.25) is 0 Å². The fourth-order valence-electron chi connectivity index (χ4n) is 3.26. The molecule has 0 fully saturated rings. The summed E-state index contributed by atoms with van der Waals surface area (Å²) in [4.78, 5) is 24.3. The van der Waals surface area contributed by atoms with E-state index in [2.05, 4.69) is 0 Å². The molecule has 0 unspecified atom stereocenters. The van der Waals surface area contributed by atoms with Crippen LogP contribution in [0.5, 0.6) is 5.75 Å². The van der Waals surface area contributed by atoms with Crippen molar-refractivity contribution in [3.8, 4) is 5.75 Å². The van der Waals surface area contributed by atoms with Gasteiger partial charge in [-0.3, -0.25) is 4.79 Å². The quantitative estimate of drug-likeness (QED) is 0.473. The molecule has 0 amide bonds. The van der Waals surface area contributed by atoms with E-state index >= 15 is 0 Å². The van der Waals surface area contributed by atoms with E-state index in [1.807, 2.05) is 0 Å². The molecule has 0 spiro atoms. The Bertz CT molecular complexity index is 1070. The van der Waals surface area contributed by atoms with Crippen molar-refractivity contribution in [2.45, 2.75) is 19.3 Å². The minimum absolute atomic E-state index is 0.179. The number of aryl methyl sites for hydroxylation is 1. The summed E-state index contributed by atoms with van der Waals surface area (Å²) in [6.45, 7) is -0.179. The molecule has 26 heavy (non-hydrogen) atoms. The molecule has 2 aromatic carbocycles. The number of rotatable bonds is 4. The van der Waals surface area contributed by atoms with Crippen LogP contribution in [-0.4, -0.2) is 12.4 Å². The molecular weight excluding hydrogens is 375 g/mol. The summed E-state index contributed by atoms with van der Waals surface area (Å²) in [6, 6.07) is 9.88. The number of ketones is 1. The Hall–Kier alpha value is -2.30. The predicted octanol–water partition coefficient (Wildman–Crippen LogP) is 4.85. The number of carbonyl (C=O) groups excluding carboxylic acids is 1. The monoisotopic (exact) mass is 388 g/mol. The third-order valence-electron chi connectivity index (χ3n) is 4.55. The first-order valence-electron chi connectivity index (χ1n) is 8.22. The molecule has 4 rings (SSSR count). The van der Waals surface area contributed by atoms with Crippen LogP contribution < -0.4 is 10.4 Å². The summed E-state index contributed by atoms with van der Waals surface area (Å²) in [7, 11) is 0. The maximum Gasteiger partial charge on any atom is 0.339 e. The highest BCUT2D eigenvalue weighted by Crippen LogP contribution is 2.34. The van der Waals surface area contributed by atoms with Gasteiger partial charge in [0.05, 0.1) is 5.02 Å². The third-order valence-corrected chi connectivity index (χ3v) is 5.10. The highest BCUT2D eigenvalue weighted by Gasteiger charge is 2.21. The molecule has 0 radical (unpaired) electrons. The maximum atomic E-state index is 12.2. The molecule has 1 heterocycles. The summed E-state index contributed by atoms with van der Waals surface area (Å²) in [5.74, 6) is 0.107. The van der Waals surface area contributed by atoms with Crippen LogP contribution in [0.3, 0.4) is 0 Å². The summed E-state index contributed by atoms with van der Waals surface area (Å²) < 4.78 is 11.0. The zero-order valence-corrected chi connectivity index (χ0v) is 15.2. The lowest BCUT2D eigenvalue weighted by Crippen LogP contribution is -2.12. The minimum Gasteiger partial charge on any atom is -0.484 e. The van der Waals surface area contributed by atoms with Gasteiger partial charge in [0, 0.05) is 27.6 Å². The van der Waals surface area contributed by atoms with Gasteiger partial charge >= 0.3 is 5.63 Å². The van der Waals surface area contributed by atoms with E-state index in [4.69, 9.17) is 32.4 Å². The van der Waals surface area contributed by atoms with Gasteiger partial charge in [-0.25, -0.2) is 4.79 Å². The van der Waals surface area contributed by atoms with E-state index in [0.717, 1.165) is 35.8 Å².